The molecule has 2 fully saturated rings. The highest BCUT2D eigenvalue weighted by Crippen LogP contribution is 2.37. The zero-order valence-electron chi connectivity index (χ0n) is 9.76. The van der Waals surface area contributed by atoms with Crippen molar-refractivity contribution in [1.82, 2.24) is 5.32 Å². The smallest absolute Gasteiger partial charge is 0.221 e. The highest BCUT2D eigenvalue weighted by Gasteiger charge is 2.52. The monoisotopic (exact) mass is 262 g/mol. The first-order chi connectivity index (χ1) is 7.88. The summed E-state index contributed by atoms with van der Waals surface area (Å²) in [5, 5.41) is 2.76. The largest absolute Gasteiger partial charge is 0.376 e. The molecule has 2 rings (SSSR count). The highest BCUT2D eigenvalue weighted by atomic mass is 32.2. The molecular formula is C10H18N2O4S. The predicted molar refractivity (Wildman–Crippen MR) is 62.1 cm³/mol. The Bertz CT molecular complexity index is 409. The van der Waals surface area contributed by atoms with Gasteiger partial charge in [0, 0.05) is 31.2 Å². The molecule has 0 aromatic heterocycles. The molecular weight excluding hydrogens is 244 g/mol. The third-order valence-corrected chi connectivity index (χ3v) is 4.42. The molecule has 0 bridgehead atoms. The summed E-state index contributed by atoms with van der Waals surface area (Å²) in [4.78, 5) is 11.5. The van der Waals surface area contributed by atoms with Crippen LogP contribution in [0, 0.1) is 5.92 Å². The lowest BCUT2D eigenvalue weighted by Gasteiger charge is -2.45. The van der Waals surface area contributed by atoms with Gasteiger partial charge in [0.15, 0.2) is 0 Å². The third kappa shape index (κ3) is 2.78. The predicted octanol–water partition coefficient (Wildman–Crippen LogP) is -1.35. The van der Waals surface area contributed by atoms with Gasteiger partial charge in [0.1, 0.15) is 9.84 Å². The van der Waals surface area contributed by atoms with Crippen LogP contribution >= 0.6 is 0 Å². The summed E-state index contributed by atoms with van der Waals surface area (Å²) in [6, 6.07) is -0.223. The molecule has 4 atom stereocenters. The average molecular weight is 262 g/mol. The van der Waals surface area contributed by atoms with Crippen molar-refractivity contribution in [2.24, 2.45) is 11.7 Å². The number of nitrogens with one attached hydrogen (secondary N) is 1. The van der Waals surface area contributed by atoms with Crippen LogP contribution < -0.4 is 11.1 Å². The maximum absolute atomic E-state index is 11.5. The van der Waals surface area contributed by atoms with Gasteiger partial charge in [-0.2, -0.15) is 0 Å². The minimum absolute atomic E-state index is 0.0144. The second kappa shape index (κ2) is 4.55. The van der Waals surface area contributed by atoms with Crippen molar-refractivity contribution < 1.29 is 17.9 Å². The summed E-state index contributed by atoms with van der Waals surface area (Å²) < 4.78 is 27.3. The van der Waals surface area contributed by atoms with Gasteiger partial charge in [0.2, 0.25) is 5.91 Å². The van der Waals surface area contributed by atoms with E-state index in [0.717, 1.165) is 12.7 Å². The van der Waals surface area contributed by atoms with Gasteiger partial charge in [-0.05, 0) is 6.42 Å². The Kier molecular flexibility index (Phi) is 3.42. The van der Waals surface area contributed by atoms with E-state index in [1.807, 2.05) is 0 Å². The van der Waals surface area contributed by atoms with Crippen LogP contribution in [-0.2, 0) is 19.4 Å². The number of sulfone groups is 1. The molecule has 1 aliphatic carbocycles. The van der Waals surface area contributed by atoms with Crippen molar-refractivity contribution in [1.29, 1.82) is 0 Å². The van der Waals surface area contributed by atoms with Crippen LogP contribution in [0.3, 0.4) is 0 Å². The van der Waals surface area contributed by atoms with E-state index in [2.05, 4.69) is 5.32 Å². The molecule has 0 aromatic rings. The van der Waals surface area contributed by atoms with Crippen LogP contribution in [0.25, 0.3) is 0 Å². The lowest BCUT2D eigenvalue weighted by molar-refractivity contribution is -0.125. The number of hydrogen-bond acceptors (Lipinski definition) is 5. The van der Waals surface area contributed by atoms with E-state index in [9.17, 15) is 13.2 Å². The van der Waals surface area contributed by atoms with E-state index in [0.29, 0.717) is 12.5 Å². The Hall–Kier alpha value is -0.660. The van der Waals surface area contributed by atoms with Crippen molar-refractivity contribution in [3.8, 4) is 0 Å². The fourth-order valence-corrected chi connectivity index (χ4v) is 3.02. The number of carbonyl (C=O) groups is 1. The summed E-state index contributed by atoms with van der Waals surface area (Å²) in [5.41, 5.74) is 5.93. The van der Waals surface area contributed by atoms with Gasteiger partial charge in [-0.3, -0.25) is 4.79 Å². The number of carbonyl (C=O) groups excluding carboxylic acids is 1. The fraction of sp³-hybridized carbons (Fsp3) is 0.900. The van der Waals surface area contributed by atoms with Crippen molar-refractivity contribution in [2.75, 3.05) is 18.6 Å². The minimum Gasteiger partial charge on any atom is -0.376 e. The summed E-state index contributed by atoms with van der Waals surface area (Å²) >= 11 is 0. The van der Waals surface area contributed by atoms with E-state index < -0.39 is 9.84 Å². The van der Waals surface area contributed by atoms with E-state index in [1.165, 1.54) is 0 Å². The molecule has 1 amide bonds. The second-order valence-electron chi connectivity index (χ2n) is 4.84. The van der Waals surface area contributed by atoms with Gasteiger partial charge in [-0.1, -0.05) is 0 Å². The number of nitrogens with two attached hydrogens (primary N) is 1. The first-order valence-corrected chi connectivity index (χ1v) is 7.79. The summed E-state index contributed by atoms with van der Waals surface area (Å²) in [6.07, 6.45) is 2.07. The molecule has 1 heterocycles. The Balaban J connectivity index is 1.80. The zero-order chi connectivity index (χ0) is 12.6. The molecule has 0 radical (unpaired) electrons. The van der Waals surface area contributed by atoms with Gasteiger partial charge in [-0.25, -0.2) is 8.42 Å². The lowest BCUT2D eigenvalue weighted by Crippen LogP contribution is -2.69. The number of amides is 1. The van der Waals surface area contributed by atoms with E-state index in [-0.39, 0.29) is 36.3 Å². The van der Waals surface area contributed by atoms with Crippen molar-refractivity contribution >= 4 is 15.7 Å². The molecule has 0 aromatic carbocycles. The maximum atomic E-state index is 11.5. The third-order valence-electron chi connectivity index (χ3n) is 3.47. The van der Waals surface area contributed by atoms with Crippen LogP contribution in [-0.4, -0.2) is 51.1 Å². The summed E-state index contributed by atoms with van der Waals surface area (Å²) in [6.45, 7) is 0.693. The minimum atomic E-state index is -3.10. The number of hydrogen-bond donors (Lipinski definition) is 2. The van der Waals surface area contributed by atoms with Crippen LogP contribution in [0.4, 0.5) is 0 Å². The maximum Gasteiger partial charge on any atom is 0.221 e. The SMILES string of the molecule is CS(=O)(=O)CCC(=O)NC1C(N)C2CCOC21. The van der Waals surface area contributed by atoms with Crippen LogP contribution in [0.2, 0.25) is 0 Å². The molecule has 17 heavy (non-hydrogen) atoms. The molecule has 0 spiro atoms. The molecule has 4 unspecified atom stereocenters. The van der Waals surface area contributed by atoms with Gasteiger partial charge >= 0.3 is 0 Å². The molecule has 2 aliphatic rings. The average Bonchev–Trinajstić information content (AvgIpc) is 2.66. The highest BCUT2D eigenvalue weighted by molar-refractivity contribution is 7.90. The van der Waals surface area contributed by atoms with Crippen molar-refractivity contribution in [2.45, 2.75) is 31.0 Å². The van der Waals surface area contributed by atoms with Gasteiger partial charge in [0.25, 0.3) is 0 Å². The van der Waals surface area contributed by atoms with Crippen molar-refractivity contribution in [3.63, 3.8) is 0 Å². The Morgan fingerprint density at radius 2 is 2.24 bits per heavy atom. The normalized spacial score (nSPS) is 36.1. The van der Waals surface area contributed by atoms with Gasteiger partial charge < -0.3 is 15.8 Å². The standard InChI is InChI=1S/C10H18N2O4S/c1-17(14,15)5-3-7(13)12-9-8(11)6-2-4-16-10(6)9/h6,8-10H,2-5,11H2,1H3,(H,12,13). The van der Waals surface area contributed by atoms with E-state index in [1.54, 1.807) is 0 Å². The summed E-state index contributed by atoms with van der Waals surface area (Å²) in [5.74, 6) is -0.0597. The second-order valence-corrected chi connectivity index (χ2v) is 7.10. The quantitative estimate of drug-likeness (QED) is 0.653. The molecule has 6 nitrogen and oxygen atoms in total. The lowest BCUT2D eigenvalue weighted by atomic mass is 9.72. The molecule has 1 saturated heterocycles. The number of fused-ring (bicyclic) bond motifs is 1. The van der Waals surface area contributed by atoms with Gasteiger partial charge in [0.05, 0.1) is 17.9 Å². The Morgan fingerprint density at radius 3 is 2.88 bits per heavy atom. The first-order valence-electron chi connectivity index (χ1n) is 5.73. The zero-order valence-corrected chi connectivity index (χ0v) is 10.6. The van der Waals surface area contributed by atoms with Crippen LogP contribution in [0.15, 0.2) is 0 Å². The van der Waals surface area contributed by atoms with Gasteiger partial charge in [-0.15, -0.1) is 0 Å². The topological polar surface area (TPSA) is 98.5 Å². The summed E-state index contributed by atoms with van der Waals surface area (Å²) in [7, 11) is -3.10. The van der Waals surface area contributed by atoms with Crippen LogP contribution in [0.5, 0.6) is 0 Å². The molecule has 1 saturated carbocycles. The first kappa shape index (κ1) is 12.8. The molecule has 7 heteroatoms. The fourth-order valence-electron chi connectivity index (χ4n) is 2.46. The van der Waals surface area contributed by atoms with Crippen LogP contribution in [0.1, 0.15) is 12.8 Å². The van der Waals surface area contributed by atoms with Crippen molar-refractivity contribution in [3.05, 3.63) is 0 Å². The van der Waals surface area contributed by atoms with E-state index >= 15 is 0 Å². The Labute approximate surface area is 101 Å². The molecule has 1 aliphatic heterocycles. The van der Waals surface area contributed by atoms with E-state index in [4.69, 9.17) is 10.5 Å². The number of rotatable bonds is 4. The molecule has 3 N–H and O–H groups in total. The number of ether oxygens (including phenoxy) is 1. The molecule has 98 valence electrons. The Morgan fingerprint density at radius 1 is 1.53 bits per heavy atom.